The third kappa shape index (κ3) is 3.91. The van der Waals surface area contributed by atoms with Crippen LogP contribution in [0.4, 0.5) is 10.2 Å². The van der Waals surface area contributed by atoms with Gasteiger partial charge < -0.3 is 25.4 Å². The second-order valence-corrected chi connectivity index (χ2v) is 6.90. The van der Waals surface area contributed by atoms with Crippen LogP contribution in [0.25, 0.3) is 5.57 Å². The Morgan fingerprint density at radius 2 is 2.17 bits per heavy atom. The summed E-state index contributed by atoms with van der Waals surface area (Å²) >= 11 is 0. The number of carbonyl (C=O) groups is 1. The van der Waals surface area contributed by atoms with Crippen molar-refractivity contribution in [2.45, 2.75) is 13.0 Å². The molecule has 1 atom stereocenters. The van der Waals surface area contributed by atoms with Gasteiger partial charge in [0.25, 0.3) is 5.91 Å². The number of methoxy groups -OCH3 is 1. The predicted molar refractivity (Wildman–Crippen MR) is 112 cm³/mol. The average molecular weight is 413 g/mol. The zero-order valence-corrected chi connectivity index (χ0v) is 17.2. The number of nitrogens with two attached hydrogens (primary N) is 1. The van der Waals surface area contributed by atoms with Gasteiger partial charge in [0.2, 0.25) is 5.90 Å². The van der Waals surface area contributed by atoms with Crippen molar-refractivity contribution in [3.8, 4) is 5.75 Å². The number of fused-ring (bicyclic) bond motifs is 3. The number of nitrogen functional groups attached to an aromatic ring is 1. The van der Waals surface area contributed by atoms with Crippen molar-refractivity contribution in [1.29, 1.82) is 5.41 Å². The summed E-state index contributed by atoms with van der Waals surface area (Å²) in [5.74, 6) is -0.498. The van der Waals surface area contributed by atoms with Crippen LogP contribution in [0.2, 0.25) is 0 Å². The number of pyridine rings is 1. The molecule has 0 saturated heterocycles. The number of nitrogens with zero attached hydrogens (tertiary/aromatic N) is 2. The highest BCUT2D eigenvalue weighted by Gasteiger charge is 2.26. The van der Waals surface area contributed by atoms with Gasteiger partial charge in [-0.25, -0.2) is 9.37 Å². The fourth-order valence-corrected chi connectivity index (χ4v) is 3.35. The number of halogens is 1. The molecule has 0 unspecified atom stereocenters. The smallest absolute Gasteiger partial charge is 0.254 e. The highest BCUT2D eigenvalue weighted by molar-refractivity contribution is 6.19. The Balaban J connectivity index is 2.28. The van der Waals surface area contributed by atoms with Gasteiger partial charge in [-0.3, -0.25) is 10.2 Å². The predicted octanol–water partition coefficient (Wildman–Crippen LogP) is 2.58. The number of benzene rings is 1. The molecule has 9 heteroatoms. The van der Waals surface area contributed by atoms with Crippen LogP contribution in [-0.4, -0.2) is 49.4 Å². The lowest BCUT2D eigenvalue weighted by Gasteiger charge is -2.26. The molecule has 1 aliphatic rings. The largest absolute Gasteiger partial charge is 0.482 e. The van der Waals surface area contributed by atoms with E-state index in [1.54, 1.807) is 27.1 Å². The van der Waals surface area contributed by atoms with E-state index in [1.807, 2.05) is 0 Å². The van der Waals surface area contributed by atoms with Crippen LogP contribution in [0.3, 0.4) is 0 Å². The topological polar surface area (TPSA) is 114 Å². The first-order valence-electron chi connectivity index (χ1n) is 9.28. The molecule has 30 heavy (non-hydrogen) atoms. The molecule has 3 rings (SSSR count). The van der Waals surface area contributed by atoms with Crippen LogP contribution < -0.4 is 15.8 Å². The summed E-state index contributed by atoms with van der Waals surface area (Å²) in [5, 5.41) is 11.3. The Kier molecular flexibility index (Phi) is 5.91. The van der Waals surface area contributed by atoms with Crippen molar-refractivity contribution < 1.29 is 18.7 Å². The highest BCUT2D eigenvalue weighted by Crippen LogP contribution is 2.32. The molecule has 0 radical (unpaired) electrons. The molecule has 2 bridgehead atoms. The molecule has 2 heterocycles. The van der Waals surface area contributed by atoms with Gasteiger partial charge in [0.1, 0.15) is 11.9 Å². The number of hydrogen-bond acceptors (Lipinski definition) is 7. The minimum Gasteiger partial charge on any atom is -0.482 e. The molecule has 0 fully saturated rings. The van der Waals surface area contributed by atoms with E-state index in [0.717, 1.165) is 0 Å². The van der Waals surface area contributed by atoms with Crippen molar-refractivity contribution in [1.82, 2.24) is 15.2 Å². The summed E-state index contributed by atoms with van der Waals surface area (Å²) in [7, 11) is 4.71. The molecule has 1 aliphatic heterocycles. The summed E-state index contributed by atoms with van der Waals surface area (Å²) < 4.78 is 25.1. The van der Waals surface area contributed by atoms with Crippen LogP contribution >= 0.6 is 0 Å². The summed E-state index contributed by atoms with van der Waals surface area (Å²) in [6, 6.07) is 5.61. The Morgan fingerprint density at radius 3 is 2.83 bits per heavy atom. The maximum atomic E-state index is 14.0. The maximum absolute atomic E-state index is 14.0. The zero-order valence-electron chi connectivity index (χ0n) is 17.2. The van der Waals surface area contributed by atoms with Crippen molar-refractivity contribution in [2.75, 3.05) is 33.5 Å². The van der Waals surface area contributed by atoms with E-state index < -0.39 is 11.9 Å². The number of amides is 1. The number of ether oxygens (including phenoxy) is 2. The summed E-state index contributed by atoms with van der Waals surface area (Å²) in [5.41, 5.74) is 8.22. The molecule has 0 saturated carbocycles. The van der Waals surface area contributed by atoms with E-state index in [9.17, 15) is 9.18 Å². The molecule has 158 valence electrons. The second-order valence-electron chi connectivity index (χ2n) is 6.90. The molecule has 1 amide bonds. The number of nitrogens with one attached hydrogen (secondary N) is 2. The molecular formula is C21H24FN5O3. The number of likely N-dealkylation sites (N-methyl/N-ethyl adjacent to an activating group) is 2. The standard InChI is InChI=1S/C21H24FN5O3/c1-11-15-8-13(22)5-6-14(15)21(28)27(3)10-16(25-2)18(20(24)29-4)12-7-17(30-11)19(23)26-9-12/h5-9,11,24-25H,10H2,1-4H3,(H2,23,26)/b18-16-,24-20?/t11-/m1/s1. The molecule has 1 aromatic heterocycles. The maximum Gasteiger partial charge on any atom is 0.254 e. The first kappa shape index (κ1) is 21.1. The fraction of sp³-hybridized carbons (Fsp3) is 0.286. The quantitative estimate of drug-likeness (QED) is 0.515. The van der Waals surface area contributed by atoms with Crippen LogP contribution in [-0.2, 0) is 4.74 Å². The SMILES string of the molecule is CN/C1=C(\C(=N)OC)c2cnc(N)c(c2)O[C@H](C)c2cc(F)ccc2C(=O)N(C)C1. The molecule has 2 aromatic rings. The first-order valence-corrected chi connectivity index (χ1v) is 9.28. The van der Waals surface area contributed by atoms with Crippen LogP contribution in [0.5, 0.6) is 5.75 Å². The van der Waals surface area contributed by atoms with E-state index in [1.165, 1.54) is 36.4 Å². The number of hydrogen-bond donors (Lipinski definition) is 3. The summed E-state index contributed by atoms with van der Waals surface area (Å²) in [6.07, 6.45) is 0.832. The third-order valence-corrected chi connectivity index (χ3v) is 4.93. The molecule has 4 N–H and O–H groups in total. The van der Waals surface area contributed by atoms with Gasteiger partial charge in [0.05, 0.1) is 19.2 Å². The van der Waals surface area contributed by atoms with Gasteiger partial charge in [-0.05, 0) is 31.2 Å². The van der Waals surface area contributed by atoms with E-state index in [0.29, 0.717) is 28.0 Å². The number of anilines is 1. The van der Waals surface area contributed by atoms with Gasteiger partial charge >= 0.3 is 0 Å². The fourth-order valence-electron chi connectivity index (χ4n) is 3.35. The van der Waals surface area contributed by atoms with Crippen LogP contribution in [0.15, 0.2) is 36.2 Å². The average Bonchev–Trinajstić information content (AvgIpc) is 2.73. The molecule has 8 nitrogen and oxygen atoms in total. The summed E-state index contributed by atoms with van der Waals surface area (Å²) in [4.78, 5) is 18.8. The molecule has 1 aromatic carbocycles. The van der Waals surface area contributed by atoms with Gasteiger partial charge in [-0.2, -0.15) is 0 Å². The number of rotatable bonds is 2. The Morgan fingerprint density at radius 1 is 1.43 bits per heavy atom. The summed E-state index contributed by atoms with van der Waals surface area (Å²) in [6.45, 7) is 1.86. The van der Waals surface area contributed by atoms with Crippen molar-refractivity contribution in [3.05, 3.63) is 58.7 Å². The lowest BCUT2D eigenvalue weighted by Crippen LogP contribution is -2.34. The lowest BCUT2D eigenvalue weighted by atomic mass is 10.00. The van der Waals surface area contributed by atoms with E-state index in [-0.39, 0.29) is 29.9 Å². The normalized spacial score (nSPS) is 19.2. The van der Waals surface area contributed by atoms with Crippen molar-refractivity contribution >= 4 is 23.2 Å². The van der Waals surface area contributed by atoms with Gasteiger partial charge in [-0.1, -0.05) is 0 Å². The third-order valence-electron chi connectivity index (χ3n) is 4.93. The van der Waals surface area contributed by atoms with Crippen LogP contribution in [0, 0.1) is 11.2 Å². The van der Waals surface area contributed by atoms with E-state index >= 15 is 0 Å². The van der Waals surface area contributed by atoms with Gasteiger partial charge in [0.15, 0.2) is 11.6 Å². The Labute approximate surface area is 174 Å². The molecule has 0 aliphatic carbocycles. The molecule has 0 spiro atoms. The highest BCUT2D eigenvalue weighted by atomic mass is 19.1. The van der Waals surface area contributed by atoms with E-state index in [2.05, 4.69) is 10.3 Å². The monoisotopic (exact) mass is 413 g/mol. The number of aromatic nitrogens is 1. The second kappa shape index (κ2) is 8.40. The minimum absolute atomic E-state index is 0.106. The van der Waals surface area contributed by atoms with Crippen molar-refractivity contribution in [3.63, 3.8) is 0 Å². The Bertz CT molecular complexity index is 1040. The molecular weight excluding hydrogens is 389 g/mol. The number of carbonyl (C=O) groups excluding carboxylic acids is 1. The van der Waals surface area contributed by atoms with E-state index in [4.69, 9.17) is 20.6 Å². The van der Waals surface area contributed by atoms with Crippen LogP contribution in [0.1, 0.15) is 34.5 Å². The van der Waals surface area contributed by atoms with Gasteiger partial charge in [0, 0.05) is 42.7 Å². The van der Waals surface area contributed by atoms with Gasteiger partial charge in [-0.15, -0.1) is 0 Å². The zero-order chi connectivity index (χ0) is 22.0. The first-order chi connectivity index (χ1) is 14.3. The Hall–Kier alpha value is -3.62. The minimum atomic E-state index is -0.676. The van der Waals surface area contributed by atoms with Crippen molar-refractivity contribution in [2.24, 2.45) is 0 Å². The lowest BCUT2D eigenvalue weighted by molar-refractivity contribution is 0.0800.